The van der Waals surface area contributed by atoms with Gasteiger partial charge in [-0.25, -0.2) is 13.8 Å². The Morgan fingerprint density at radius 2 is 1.76 bits per heavy atom. The maximum absolute atomic E-state index is 13.7. The Hall–Kier alpha value is -3.51. The molecule has 5 aromatic rings. The highest BCUT2D eigenvalue weighted by Crippen LogP contribution is 2.17. The fourth-order valence-corrected chi connectivity index (χ4v) is 4.19. The molecule has 0 saturated heterocycles. The molecule has 2 heterocycles. The minimum atomic E-state index is -0.282. The normalized spacial score (nSPS) is 12.1. The molecule has 0 amide bonds. The van der Waals surface area contributed by atoms with E-state index in [0.29, 0.717) is 20.8 Å². The first kappa shape index (κ1) is 17.6. The van der Waals surface area contributed by atoms with E-state index < -0.39 is 0 Å². The molecule has 142 valence electrons. The van der Waals surface area contributed by atoms with Crippen molar-refractivity contribution in [1.82, 2.24) is 9.38 Å². The number of nitrogens with zero attached hydrogens (tertiary/aromatic N) is 2. The van der Waals surface area contributed by atoms with E-state index in [0.717, 1.165) is 16.6 Å². The summed E-state index contributed by atoms with van der Waals surface area (Å²) in [6, 6.07) is 21.5. The number of ether oxygens (including phenoxy) is 1. The largest absolute Gasteiger partial charge is 0.489 e. The van der Waals surface area contributed by atoms with Gasteiger partial charge in [0.25, 0.3) is 5.56 Å². The van der Waals surface area contributed by atoms with Gasteiger partial charge in [0, 0.05) is 5.56 Å². The lowest BCUT2D eigenvalue weighted by Gasteiger charge is -2.07. The zero-order chi connectivity index (χ0) is 19.8. The van der Waals surface area contributed by atoms with Crippen LogP contribution in [0.4, 0.5) is 4.39 Å². The zero-order valence-corrected chi connectivity index (χ0v) is 16.0. The second-order valence-corrected chi connectivity index (χ2v) is 7.59. The molecule has 3 aromatic carbocycles. The van der Waals surface area contributed by atoms with Crippen molar-refractivity contribution in [2.24, 2.45) is 0 Å². The molecule has 0 fully saturated rings. The van der Waals surface area contributed by atoms with E-state index in [1.807, 2.05) is 54.6 Å². The first-order valence-corrected chi connectivity index (χ1v) is 9.89. The van der Waals surface area contributed by atoms with Gasteiger partial charge in [0.15, 0.2) is 4.96 Å². The van der Waals surface area contributed by atoms with E-state index in [2.05, 4.69) is 4.98 Å². The molecule has 0 spiro atoms. The summed E-state index contributed by atoms with van der Waals surface area (Å²) in [6.07, 6.45) is 1.84. The lowest BCUT2D eigenvalue weighted by molar-refractivity contribution is 0.300. The highest BCUT2D eigenvalue weighted by Gasteiger charge is 2.10. The number of imidazole rings is 1. The van der Waals surface area contributed by atoms with Crippen molar-refractivity contribution in [3.8, 4) is 5.75 Å². The van der Waals surface area contributed by atoms with Crippen LogP contribution in [0.15, 0.2) is 77.6 Å². The zero-order valence-electron chi connectivity index (χ0n) is 15.2. The van der Waals surface area contributed by atoms with Crippen molar-refractivity contribution < 1.29 is 9.13 Å². The average Bonchev–Trinajstić information content (AvgIpc) is 3.25. The van der Waals surface area contributed by atoms with Crippen molar-refractivity contribution in [2.75, 3.05) is 0 Å². The van der Waals surface area contributed by atoms with Crippen LogP contribution in [0.25, 0.3) is 22.1 Å². The van der Waals surface area contributed by atoms with Gasteiger partial charge >= 0.3 is 0 Å². The van der Waals surface area contributed by atoms with E-state index in [1.54, 1.807) is 22.6 Å². The van der Waals surface area contributed by atoms with Crippen LogP contribution in [0.3, 0.4) is 0 Å². The second-order valence-electron chi connectivity index (χ2n) is 6.58. The lowest BCUT2D eigenvalue weighted by Crippen LogP contribution is -2.22. The molecule has 0 bridgehead atoms. The van der Waals surface area contributed by atoms with Crippen molar-refractivity contribution in [3.63, 3.8) is 0 Å². The smallest absolute Gasteiger partial charge is 0.274 e. The summed E-state index contributed by atoms with van der Waals surface area (Å²) in [5.41, 5.74) is 2.96. The number of thiazole rings is 1. The fraction of sp³-hybridized carbons (Fsp3) is 0.0435. The molecular formula is C23H15FN2O2S. The third-order valence-corrected chi connectivity index (χ3v) is 5.64. The minimum Gasteiger partial charge on any atom is -0.489 e. The van der Waals surface area contributed by atoms with Crippen LogP contribution in [0.5, 0.6) is 5.75 Å². The third kappa shape index (κ3) is 3.28. The van der Waals surface area contributed by atoms with Gasteiger partial charge in [-0.3, -0.25) is 4.79 Å². The Morgan fingerprint density at radius 1 is 1.00 bits per heavy atom. The van der Waals surface area contributed by atoms with Crippen molar-refractivity contribution in [3.05, 3.63) is 105 Å². The quantitative estimate of drug-likeness (QED) is 0.453. The van der Waals surface area contributed by atoms with Crippen LogP contribution in [0.2, 0.25) is 0 Å². The molecule has 0 aliphatic carbocycles. The highest BCUT2D eigenvalue weighted by molar-refractivity contribution is 7.15. The van der Waals surface area contributed by atoms with Crippen LogP contribution < -0.4 is 14.8 Å². The summed E-state index contributed by atoms with van der Waals surface area (Å²) in [7, 11) is 0. The van der Waals surface area contributed by atoms with Gasteiger partial charge in [-0.15, -0.1) is 0 Å². The standard InChI is InChI=1S/C23H15FN2O2S/c24-18-6-2-1-5-16(18)14-28-17-11-9-15(10-12-17)13-21-22(27)26-20-8-4-3-7-19(20)25-23(26)29-21/h1-13H,14H2/b21-13+. The number of hydrogen-bond donors (Lipinski definition) is 0. The molecule has 29 heavy (non-hydrogen) atoms. The van der Waals surface area contributed by atoms with E-state index >= 15 is 0 Å². The molecule has 2 aromatic heterocycles. The van der Waals surface area contributed by atoms with Crippen LogP contribution in [-0.4, -0.2) is 9.38 Å². The minimum absolute atomic E-state index is 0.0708. The fourth-order valence-electron chi connectivity index (χ4n) is 3.20. The molecule has 5 rings (SSSR count). The van der Waals surface area contributed by atoms with Crippen LogP contribution >= 0.6 is 11.3 Å². The Morgan fingerprint density at radius 3 is 2.59 bits per heavy atom. The van der Waals surface area contributed by atoms with Crippen molar-refractivity contribution in [1.29, 1.82) is 0 Å². The molecule has 6 heteroatoms. The Bertz CT molecular complexity index is 1440. The molecule has 0 radical (unpaired) electrons. The van der Waals surface area contributed by atoms with Crippen molar-refractivity contribution in [2.45, 2.75) is 6.61 Å². The van der Waals surface area contributed by atoms with Crippen LogP contribution in [-0.2, 0) is 6.61 Å². The second kappa shape index (κ2) is 7.14. The number of aromatic nitrogens is 2. The van der Waals surface area contributed by atoms with Gasteiger partial charge in [0.2, 0.25) is 0 Å². The predicted molar refractivity (Wildman–Crippen MR) is 113 cm³/mol. The third-order valence-electron chi connectivity index (χ3n) is 4.68. The number of rotatable bonds is 4. The molecule has 4 nitrogen and oxygen atoms in total. The van der Waals surface area contributed by atoms with E-state index in [-0.39, 0.29) is 18.0 Å². The summed E-state index contributed by atoms with van der Waals surface area (Å²) in [5.74, 6) is 0.357. The first-order chi connectivity index (χ1) is 14.2. The maximum Gasteiger partial charge on any atom is 0.274 e. The van der Waals surface area contributed by atoms with Gasteiger partial charge in [0.1, 0.15) is 18.2 Å². The molecule has 0 aliphatic rings. The Balaban J connectivity index is 1.42. The van der Waals surface area contributed by atoms with Gasteiger partial charge in [-0.2, -0.15) is 0 Å². The first-order valence-electron chi connectivity index (χ1n) is 9.07. The monoisotopic (exact) mass is 402 g/mol. The topological polar surface area (TPSA) is 43.6 Å². The summed E-state index contributed by atoms with van der Waals surface area (Å²) >= 11 is 1.37. The number of hydrogen-bond acceptors (Lipinski definition) is 4. The van der Waals surface area contributed by atoms with Gasteiger partial charge in [0.05, 0.1) is 15.6 Å². The number of halogens is 1. The number of benzene rings is 3. The summed E-state index contributed by atoms with van der Waals surface area (Å²) in [5, 5.41) is 0. The number of fused-ring (bicyclic) bond motifs is 3. The Kier molecular flexibility index (Phi) is 4.33. The molecule has 0 aliphatic heterocycles. The van der Waals surface area contributed by atoms with Gasteiger partial charge in [-0.1, -0.05) is 53.8 Å². The van der Waals surface area contributed by atoms with Crippen molar-refractivity contribution >= 4 is 33.4 Å². The predicted octanol–water partition coefficient (Wildman–Crippen LogP) is 4.18. The lowest BCUT2D eigenvalue weighted by atomic mass is 10.2. The SMILES string of the molecule is O=c1/c(=C\c2ccc(OCc3ccccc3F)cc2)sc2nc3ccccc3n12. The summed E-state index contributed by atoms with van der Waals surface area (Å²) in [6.45, 7) is 0.162. The van der Waals surface area contributed by atoms with E-state index in [4.69, 9.17) is 4.74 Å². The summed E-state index contributed by atoms with van der Waals surface area (Å²) < 4.78 is 21.6. The molecule has 0 saturated carbocycles. The highest BCUT2D eigenvalue weighted by atomic mass is 32.1. The van der Waals surface area contributed by atoms with E-state index in [1.165, 1.54) is 17.4 Å². The molecule has 0 atom stereocenters. The number of para-hydroxylation sites is 2. The Labute approximate surface area is 169 Å². The molecular weight excluding hydrogens is 387 g/mol. The van der Waals surface area contributed by atoms with Crippen LogP contribution in [0.1, 0.15) is 11.1 Å². The van der Waals surface area contributed by atoms with E-state index in [9.17, 15) is 9.18 Å². The molecule has 0 unspecified atom stereocenters. The summed E-state index contributed by atoms with van der Waals surface area (Å²) in [4.78, 5) is 18.0. The van der Waals surface area contributed by atoms with Gasteiger partial charge in [-0.05, 0) is 42.0 Å². The average molecular weight is 402 g/mol. The maximum atomic E-state index is 13.7. The van der Waals surface area contributed by atoms with Gasteiger partial charge < -0.3 is 4.74 Å². The van der Waals surface area contributed by atoms with Crippen LogP contribution in [0, 0.1) is 5.82 Å². The molecule has 0 N–H and O–H groups in total.